The molecule has 0 bridgehead atoms. The maximum absolute atomic E-state index is 10.8. The van der Waals surface area contributed by atoms with E-state index in [4.69, 9.17) is 16.7 Å². The minimum absolute atomic E-state index is 0.0979. The standard InChI is InChI=1S/C9H7ClO4/c10-6-3-1-2-5(8(6)12)4-7(11)9(13)14/h1-3,12H,4H2,(H,13,14). The lowest BCUT2D eigenvalue weighted by Gasteiger charge is -2.02. The Bertz CT molecular complexity index is 386. The van der Waals surface area contributed by atoms with Crippen molar-refractivity contribution in [2.75, 3.05) is 0 Å². The van der Waals surface area contributed by atoms with Crippen molar-refractivity contribution in [1.29, 1.82) is 0 Å². The normalized spacial score (nSPS) is 9.79. The van der Waals surface area contributed by atoms with E-state index in [2.05, 4.69) is 0 Å². The lowest BCUT2D eigenvalue weighted by Crippen LogP contribution is -2.15. The van der Waals surface area contributed by atoms with E-state index in [1.165, 1.54) is 18.2 Å². The van der Waals surface area contributed by atoms with E-state index in [1.54, 1.807) is 0 Å². The quantitative estimate of drug-likeness (QED) is 0.743. The van der Waals surface area contributed by atoms with Crippen LogP contribution in [-0.2, 0) is 16.0 Å². The van der Waals surface area contributed by atoms with Crippen molar-refractivity contribution in [2.24, 2.45) is 0 Å². The van der Waals surface area contributed by atoms with Crippen LogP contribution in [-0.4, -0.2) is 22.0 Å². The number of aliphatic carboxylic acids is 1. The van der Waals surface area contributed by atoms with Crippen LogP contribution < -0.4 is 0 Å². The number of phenols is 1. The first-order valence-corrected chi connectivity index (χ1v) is 4.12. The van der Waals surface area contributed by atoms with Crippen molar-refractivity contribution >= 4 is 23.4 Å². The third-order valence-corrected chi connectivity index (χ3v) is 1.96. The Kier molecular flexibility index (Phi) is 3.09. The van der Waals surface area contributed by atoms with Gasteiger partial charge in [0.25, 0.3) is 0 Å². The van der Waals surface area contributed by atoms with E-state index in [0.29, 0.717) is 0 Å². The van der Waals surface area contributed by atoms with Crippen molar-refractivity contribution in [3.63, 3.8) is 0 Å². The molecule has 5 heteroatoms. The molecule has 0 radical (unpaired) electrons. The second kappa shape index (κ2) is 4.11. The fraction of sp³-hybridized carbons (Fsp3) is 0.111. The number of phenolic OH excluding ortho intramolecular Hbond substituents is 1. The van der Waals surface area contributed by atoms with Gasteiger partial charge in [0.15, 0.2) is 0 Å². The molecule has 0 spiro atoms. The molecule has 0 aromatic heterocycles. The van der Waals surface area contributed by atoms with Gasteiger partial charge in [0.2, 0.25) is 5.78 Å². The summed E-state index contributed by atoms with van der Waals surface area (Å²) < 4.78 is 0. The van der Waals surface area contributed by atoms with Crippen LogP contribution in [0.3, 0.4) is 0 Å². The molecule has 0 fully saturated rings. The van der Waals surface area contributed by atoms with Crippen LogP contribution in [0.1, 0.15) is 5.56 Å². The summed E-state index contributed by atoms with van der Waals surface area (Å²) in [6.07, 6.45) is -0.359. The van der Waals surface area contributed by atoms with E-state index in [0.717, 1.165) is 0 Å². The van der Waals surface area contributed by atoms with Gasteiger partial charge >= 0.3 is 5.97 Å². The number of benzene rings is 1. The third kappa shape index (κ3) is 2.23. The van der Waals surface area contributed by atoms with Crippen LogP contribution in [0, 0.1) is 0 Å². The average Bonchev–Trinajstić information content (AvgIpc) is 2.12. The van der Waals surface area contributed by atoms with Crippen molar-refractivity contribution in [3.05, 3.63) is 28.8 Å². The minimum atomic E-state index is -1.52. The van der Waals surface area contributed by atoms with E-state index < -0.39 is 11.8 Å². The number of ketones is 1. The zero-order valence-electron chi connectivity index (χ0n) is 7.03. The van der Waals surface area contributed by atoms with Crippen LogP contribution in [0.15, 0.2) is 18.2 Å². The molecule has 2 N–H and O–H groups in total. The van der Waals surface area contributed by atoms with Gasteiger partial charge in [-0.25, -0.2) is 4.79 Å². The first-order valence-electron chi connectivity index (χ1n) is 3.75. The topological polar surface area (TPSA) is 74.6 Å². The minimum Gasteiger partial charge on any atom is -0.506 e. The highest BCUT2D eigenvalue weighted by Crippen LogP contribution is 2.27. The molecule has 0 unspecified atom stereocenters. The maximum Gasteiger partial charge on any atom is 0.372 e. The van der Waals surface area contributed by atoms with Crippen LogP contribution in [0.25, 0.3) is 0 Å². The zero-order valence-corrected chi connectivity index (χ0v) is 7.78. The van der Waals surface area contributed by atoms with Crippen LogP contribution in [0.4, 0.5) is 0 Å². The summed E-state index contributed by atoms with van der Waals surface area (Å²) in [4.78, 5) is 21.1. The third-order valence-electron chi connectivity index (χ3n) is 1.66. The molecule has 0 saturated heterocycles. The largest absolute Gasteiger partial charge is 0.506 e. The van der Waals surface area contributed by atoms with Crippen LogP contribution >= 0.6 is 11.6 Å². The Morgan fingerprint density at radius 2 is 2.00 bits per heavy atom. The lowest BCUT2D eigenvalue weighted by molar-refractivity contribution is -0.148. The molecule has 1 rings (SSSR count). The first-order chi connectivity index (χ1) is 6.52. The average molecular weight is 215 g/mol. The summed E-state index contributed by atoms with van der Waals surface area (Å²) in [5.74, 6) is -2.75. The molecule has 74 valence electrons. The summed E-state index contributed by atoms with van der Waals surface area (Å²) in [7, 11) is 0. The van der Waals surface area contributed by atoms with E-state index in [9.17, 15) is 14.7 Å². The lowest BCUT2D eigenvalue weighted by atomic mass is 10.1. The number of hydrogen-bond acceptors (Lipinski definition) is 3. The molecule has 0 atom stereocenters. The fourth-order valence-electron chi connectivity index (χ4n) is 0.951. The summed E-state index contributed by atoms with van der Waals surface area (Å²) in [5.41, 5.74) is 0.213. The molecule has 0 saturated carbocycles. The predicted octanol–water partition coefficient (Wildman–Crippen LogP) is 1.24. The Hall–Kier alpha value is -1.55. The second-order valence-corrected chi connectivity index (χ2v) is 3.06. The molecular weight excluding hydrogens is 208 g/mol. The number of carboxylic acid groups (broad SMARTS) is 1. The number of carbonyl (C=O) groups excluding carboxylic acids is 1. The first kappa shape index (κ1) is 10.5. The summed E-state index contributed by atoms with van der Waals surface area (Å²) in [5, 5.41) is 17.8. The van der Waals surface area contributed by atoms with Gasteiger partial charge in [-0.05, 0) is 6.07 Å². The summed E-state index contributed by atoms with van der Waals surface area (Å²) in [6.45, 7) is 0. The van der Waals surface area contributed by atoms with Crippen molar-refractivity contribution in [2.45, 2.75) is 6.42 Å². The molecule has 1 aromatic rings. The zero-order chi connectivity index (χ0) is 10.7. The number of carboxylic acids is 1. The summed E-state index contributed by atoms with van der Waals surface area (Å²) in [6, 6.07) is 4.43. The van der Waals surface area contributed by atoms with Gasteiger partial charge in [-0.3, -0.25) is 4.79 Å². The molecule has 0 aliphatic rings. The highest BCUT2D eigenvalue weighted by atomic mass is 35.5. The van der Waals surface area contributed by atoms with Gasteiger partial charge in [-0.1, -0.05) is 23.7 Å². The molecular formula is C9H7ClO4. The van der Waals surface area contributed by atoms with Gasteiger partial charge in [0.1, 0.15) is 5.75 Å². The second-order valence-electron chi connectivity index (χ2n) is 2.65. The number of halogens is 1. The van der Waals surface area contributed by atoms with Gasteiger partial charge in [0, 0.05) is 12.0 Å². The highest BCUT2D eigenvalue weighted by molar-refractivity contribution is 6.34. The number of aromatic hydroxyl groups is 1. The number of carbonyl (C=O) groups is 2. The number of para-hydroxylation sites is 1. The smallest absolute Gasteiger partial charge is 0.372 e. The van der Waals surface area contributed by atoms with E-state index in [-0.39, 0.29) is 22.8 Å². The van der Waals surface area contributed by atoms with Gasteiger partial charge in [0.05, 0.1) is 5.02 Å². The van der Waals surface area contributed by atoms with Crippen molar-refractivity contribution in [3.8, 4) is 5.75 Å². The Balaban J connectivity index is 2.93. The van der Waals surface area contributed by atoms with E-state index >= 15 is 0 Å². The van der Waals surface area contributed by atoms with Crippen molar-refractivity contribution in [1.82, 2.24) is 0 Å². The number of Topliss-reactive ketones (excluding diaryl/α,β-unsaturated/α-hetero) is 1. The molecule has 0 aliphatic heterocycles. The van der Waals surface area contributed by atoms with Crippen LogP contribution in [0.2, 0.25) is 5.02 Å². The van der Waals surface area contributed by atoms with Gasteiger partial charge in [-0.15, -0.1) is 0 Å². The molecule has 14 heavy (non-hydrogen) atoms. The van der Waals surface area contributed by atoms with Crippen LogP contribution in [0.5, 0.6) is 5.75 Å². The van der Waals surface area contributed by atoms with Crippen molar-refractivity contribution < 1.29 is 19.8 Å². The number of rotatable bonds is 3. The Morgan fingerprint density at radius 3 is 2.57 bits per heavy atom. The highest BCUT2D eigenvalue weighted by Gasteiger charge is 2.15. The molecule has 0 amide bonds. The predicted molar refractivity (Wildman–Crippen MR) is 49.5 cm³/mol. The van der Waals surface area contributed by atoms with Gasteiger partial charge < -0.3 is 10.2 Å². The van der Waals surface area contributed by atoms with E-state index in [1.807, 2.05) is 0 Å². The Morgan fingerprint density at radius 1 is 1.36 bits per heavy atom. The summed E-state index contributed by atoms with van der Waals surface area (Å²) >= 11 is 5.57. The Labute approximate surface area is 84.7 Å². The fourth-order valence-corrected chi connectivity index (χ4v) is 1.15. The maximum atomic E-state index is 10.8. The number of hydrogen-bond donors (Lipinski definition) is 2. The van der Waals surface area contributed by atoms with Gasteiger partial charge in [-0.2, -0.15) is 0 Å². The molecule has 0 aliphatic carbocycles. The monoisotopic (exact) mass is 214 g/mol. The molecule has 1 aromatic carbocycles. The SMILES string of the molecule is O=C(O)C(=O)Cc1cccc(Cl)c1O. The molecule has 0 heterocycles. The molecule has 4 nitrogen and oxygen atoms in total.